The molecule has 1 aliphatic rings. The second-order valence-electron chi connectivity index (χ2n) is 9.22. The molecule has 0 N–H and O–H groups in total. The quantitative estimate of drug-likeness (QED) is 0.350. The van der Waals surface area contributed by atoms with Crippen LogP contribution >= 0.6 is 0 Å². The van der Waals surface area contributed by atoms with Gasteiger partial charge >= 0.3 is 6.03 Å². The number of amides is 3. The van der Waals surface area contributed by atoms with Crippen LogP contribution in [0.2, 0.25) is 0 Å². The van der Waals surface area contributed by atoms with E-state index < -0.39 is 12.0 Å². The van der Waals surface area contributed by atoms with Crippen LogP contribution in [0, 0.1) is 0 Å². The van der Waals surface area contributed by atoms with E-state index in [1.165, 1.54) is 4.90 Å². The van der Waals surface area contributed by atoms with E-state index in [4.69, 9.17) is 18.9 Å². The maximum atomic E-state index is 14.5. The van der Waals surface area contributed by atoms with E-state index in [1.54, 1.807) is 45.4 Å². The fourth-order valence-electron chi connectivity index (χ4n) is 4.96. The molecule has 0 bridgehead atoms. The summed E-state index contributed by atoms with van der Waals surface area (Å²) in [6.07, 6.45) is 0.283. The number of urea groups is 1. The molecular formula is C30H34N2O6. The lowest BCUT2D eigenvalue weighted by molar-refractivity contribution is -0.131. The fraction of sp³-hybridized carbons (Fsp3) is 0.333. The van der Waals surface area contributed by atoms with Crippen LogP contribution in [-0.2, 0) is 16.0 Å². The number of nitrogens with zero attached hydrogens (tertiary/aromatic N) is 2. The third kappa shape index (κ3) is 5.31. The van der Waals surface area contributed by atoms with Crippen molar-refractivity contribution in [2.45, 2.75) is 31.3 Å². The summed E-state index contributed by atoms with van der Waals surface area (Å²) in [5.74, 6) is 0.662. The number of carbonyl (C=O) groups excluding carboxylic acids is 2. The molecule has 0 saturated carbocycles. The molecule has 1 heterocycles. The number of para-hydroxylation sites is 1. The SMILES string of the molecule is COCOc1ccccc1C[C@H](C(=O)N1C(=O)N(C)[C@H](C)[C@@H]1c1ccccc1)c1ccc(OC)cc1OC. The number of hydrogen-bond donors (Lipinski definition) is 0. The van der Waals surface area contributed by atoms with Gasteiger partial charge in [0.1, 0.15) is 17.2 Å². The molecular weight excluding hydrogens is 484 g/mol. The zero-order valence-electron chi connectivity index (χ0n) is 22.4. The predicted octanol–water partition coefficient (Wildman–Crippen LogP) is 5.04. The topological polar surface area (TPSA) is 77.5 Å². The van der Waals surface area contributed by atoms with Gasteiger partial charge in [0.05, 0.1) is 32.2 Å². The average Bonchev–Trinajstić information content (AvgIpc) is 3.18. The number of likely N-dealkylation sites (N-methyl/N-ethyl adjacent to an activating group) is 1. The third-order valence-electron chi connectivity index (χ3n) is 7.08. The van der Waals surface area contributed by atoms with Crippen LogP contribution in [-0.4, -0.2) is 62.9 Å². The second kappa shape index (κ2) is 12.0. The van der Waals surface area contributed by atoms with Gasteiger partial charge in [-0.2, -0.15) is 0 Å². The molecule has 3 amide bonds. The van der Waals surface area contributed by atoms with Crippen molar-refractivity contribution in [2.24, 2.45) is 0 Å². The van der Waals surface area contributed by atoms with Crippen LogP contribution in [0.4, 0.5) is 4.79 Å². The molecule has 1 aliphatic heterocycles. The molecule has 8 nitrogen and oxygen atoms in total. The zero-order chi connectivity index (χ0) is 27.2. The molecule has 0 aliphatic carbocycles. The second-order valence-corrected chi connectivity index (χ2v) is 9.22. The monoisotopic (exact) mass is 518 g/mol. The van der Waals surface area contributed by atoms with Crippen LogP contribution in [0.15, 0.2) is 72.8 Å². The van der Waals surface area contributed by atoms with Gasteiger partial charge in [0, 0.05) is 25.8 Å². The van der Waals surface area contributed by atoms with Crippen molar-refractivity contribution < 1.29 is 28.5 Å². The first-order chi connectivity index (χ1) is 18.4. The Morgan fingerprint density at radius 2 is 1.63 bits per heavy atom. The lowest BCUT2D eigenvalue weighted by atomic mass is 9.88. The Morgan fingerprint density at radius 1 is 0.921 bits per heavy atom. The fourth-order valence-corrected chi connectivity index (χ4v) is 4.96. The third-order valence-corrected chi connectivity index (χ3v) is 7.08. The minimum atomic E-state index is -0.739. The number of carbonyl (C=O) groups is 2. The Bertz CT molecular complexity index is 1260. The van der Waals surface area contributed by atoms with Crippen molar-refractivity contribution >= 4 is 11.9 Å². The first kappa shape index (κ1) is 27.0. The van der Waals surface area contributed by atoms with Gasteiger partial charge in [0.15, 0.2) is 6.79 Å². The molecule has 38 heavy (non-hydrogen) atoms. The van der Waals surface area contributed by atoms with Gasteiger partial charge in [-0.05, 0) is 36.6 Å². The highest BCUT2D eigenvalue weighted by Crippen LogP contribution is 2.41. The highest BCUT2D eigenvalue weighted by molar-refractivity contribution is 6.00. The maximum Gasteiger partial charge on any atom is 0.327 e. The standard InChI is InChI=1S/C30H34N2O6/c1-20-28(21-11-7-6-8-12-21)32(30(34)31(20)2)29(33)25(24-16-15-23(36-4)18-27(24)37-5)17-22-13-9-10-14-26(22)38-19-35-3/h6-16,18,20,25,28H,17,19H2,1-5H3/t20-,25+,28-/m1/s1. The summed E-state index contributed by atoms with van der Waals surface area (Å²) in [4.78, 5) is 31.1. The van der Waals surface area contributed by atoms with Crippen molar-refractivity contribution in [1.29, 1.82) is 0 Å². The van der Waals surface area contributed by atoms with Crippen molar-refractivity contribution in [1.82, 2.24) is 9.80 Å². The van der Waals surface area contributed by atoms with Gasteiger partial charge in [0.25, 0.3) is 0 Å². The average molecular weight is 519 g/mol. The first-order valence-electron chi connectivity index (χ1n) is 12.5. The normalized spacial score (nSPS) is 17.9. The Balaban J connectivity index is 1.82. The summed E-state index contributed by atoms with van der Waals surface area (Å²) < 4.78 is 22.0. The van der Waals surface area contributed by atoms with Gasteiger partial charge in [-0.3, -0.25) is 9.69 Å². The van der Waals surface area contributed by atoms with Crippen LogP contribution in [0.3, 0.4) is 0 Å². The van der Waals surface area contributed by atoms with E-state index in [0.29, 0.717) is 22.8 Å². The lowest BCUT2D eigenvalue weighted by Gasteiger charge is -2.29. The van der Waals surface area contributed by atoms with Crippen molar-refractivity contribution in [2.75, 3.05) is 35.2 Å². The molecule has 1 saturated heterocycles. The number of methoxy groups -OCH3 is 3. The molecule has 0 unspecified atom stereocenters. The van der Waals surface area contributed by atoms with Crippen molar-refractivity contribution in [3.8, 4) is 17.2 Å². The largest absolute Gasteiger partial charge is 0.497 e. The summed E-state index contributed by atoms with van der Waals surface area (Å²) in [5.41, 5.74) is 2.36. The Morgan fingerprint density at radius 3 is 2.32 bits per heavy atom. The molecule has 1 fully saturated rings. The summed E-state index contributed by atoms with van der Waals surface area (Å²) in [7, 11) is 6.41. The summed E-state index contributed by atoms with van der Waals surface area (Å²) in [5, 5.41) is 0. The number of ether oxygens (including phenoxy) is 4. The minimum absolute atomic E-state index is 0.0739. The van der Waals surface area contributed by atoms with Crippen LogP contribution in [0.5, 0.6) is 17.2 Å². The number of rotatable bonds is 10. The van der Waals surface area contributed by atoms with Crippen LogP contribution in [0.25, 0.3) is 0 Å². The molecule has 3 aromatic rings. The Kier molecular flexibility index (Phi) is 8.53. The predicted molar refractivity (Wildman–Crippen MR) is 144 cm³/mol. The number of hydrogen-bond acceptors (Lipinski definition) is 6. The van der Waals surface area contributed by atoms with Crippen molar-refractivity contribution in [3.05, 3.63) is 89.5 Å². The van der Waals surface area contributed by atoms with E-state index in [9.17, 15) is 9.59 Å². The van der Waals surface area contributed by atoms with Crippen molar-refractivity contribution in [3.63, 3.8) is 0 Å². The summed E-state index contributed by atoms with van der Waals surface area (Å²) >= 11 is 0. The molecule has 0 aromatic heterocycles. The molecule has 0 spiro atoms. The van der Waals surface area contributed by atoms with E-state index in [1.807, 2.05) is 67.6 Å². The van der Waals surface area contributed by atoms with E-state index >= 15 is 0 Å². The van der Waals surface area contributed by atoms with Crippen LogP contribution in [0.1, 0.15) is 35.6 Å². The highest BCUT2D eigenvalue weighted by atomic mass is 16.7. The summed E-state index contributed by atoms with van der Waals surface area (Å²) in [6, 6.07) is 21.6. The molecule has 8 heteroatoms. The smallest absolute Gasteiger partial charge is 0.327 e. The molecule has 0 radical (unpaired) electrons. The molecule has 3 aromatic carbocycles. The molecule has 3 atom stereocenters. The Labute approximate surface area is 223 Å². The molecule has 4 rings (SSSR count). The van der Waals surface area contributed by atoms with Crippen LogP contribution < -0.4 is 14.2 Å². The molecule has 200 valence electrons. The van der Waals surface area contributed by atoms with E-state index in [-0.39, 0.29) is 31.2 Å². The van der Waals surface area contributed by atoms with Gasteiger partial charge in [-0.15, -0.1) is 0 Å². The number of benzene rings is 3. The van der Waals surface area contributed by atoms with Gasteiger partial charge < -0.3 is 23.8 Å². The number of imide groups is 1. The van der Waals surface area contributed by atoms with Gasteiger partial charge in [-0.1, -0.05) is 54.6 Å². The minimum Gasteiger partial charge on any atom is -0.497 e. The lowest BCUT2D eigenvalue weighted by Crippen LogP contribution is -2.40. The Hall–Kier alpha value is -4.04. The zero-order valence-corrected chi connectivity index (χ0v) is 22.4. The van der Waals surface area contributed by atoms with E-state index in [2.05, 4.69) is 0 Å². The first-order valence-corrected chi connectivity index (χ1v) is 12.5. The maximum absolute atomic E-state index is 14.5. The van der Waals surface area contributed by atoms with Gasteiger partial charge in [-0.25, -0.2) is 4.79 Å². The summed E-state index contributed by atoms with van der Waals surface area (Å²) in [6.45, 7) is 2.03. The highest BCUT2D eigenvalue weighted by Gasteiger charge is 2.47. The van der Waals surface area contributed by atoms with E-state index in [0.717, 1.165) is 11.1 Å². The van der Waals surface area contributed by atoms with Gasteiger partial charge in [0.2, 0.25) is 5.91 Å².